The zero-order chi connectivity index (χ0) is 14.1. The van der Waals surface area contributed by atoms with E-state index in [4.69, 9.17) is 10.2 Å². The number of anilines is 2. The Morgan fingerprint density at radius 3 is 2.40 bits per heavy atom. The number of nitrogens with zero attached hydrogens (tertiary/aromatic N) is 1. The Labute approximate surface area is 116 Å². The van der Waals surface area contributed by atoms with Crippen LogP contribution in [-0.4, -0.2) is 13.0 Å². The maximum Gasteiger partial charge on any atom is 0.286 e. The average Bonchev–Trinajstić information content (AvgIpc) is 2.87. The first-order valence-electron chi connectivity index (χ1n) is 6.28. The van der Waals surface area contributed by atoms with E-state index >= 15 is 0 Å². The molecule has 1 aromatic heterocycles. The lowest BCUT2D eigenvalue weighted by Gasteiger charge is -2.18. The molecule has 20 heavy (non-hydrogen) atoms. The van der Waals surface area contributed by atoms with Gasteiger partial charge in [0, 0.05) is 18.1 Å². The Kier molecular flexibility index (Phi) is 2.91. The standard InChI is InChI=1S/C16H14N2O2/c1-18(11-7-3-2-4-8-11)14-12-9-5-6-10-13(12)20-15(14)16(17)19/h2-10H,1H3,(H2,17,19). The predicted molar refractivity (Wildman–Crippen MR) is 79.2 cm³/mol. The molecule has 3 aromatic rings. The summed E-state index contributed by atoms with van der Waals surface area (Å²) in [7, 11) is 1.89. The molecule has 0 aliphatic rings. The molecule has 4 nitrogen and oxygen atoms in total. The minimum absolute atomic E-state index is 0.178. The van der Waals surface area contributed by atoms with E-state index in [0.29, 0.717) is 11.3 Å². The van der Waals surface area contributed by atoms with Gasteiger partial charge in [-0.15, -0.1) is 0 Å². The highest BCUT2D eigenvalue weighted by atomic mass is 16.3. The van der Waals surface area contributed by atoms with E-state index in [0.717, 1.165) is 11.1 Å². The third kappa shape index (κ3) is 1.91. The van der Waals surface area contributed by atoms with Crippen molar-refractivity contribution in [2.75, 3.05) is 11.9 Å². The van der Waals surface area contributed by atoms with Crippen molar-refractivity contribution in [3.05, 3.63) is 60.4 Å². The molecule has 0 saturated heterocycles. The number of carbonyl (C=O) groups excluding carboxylic acids is 1. The SMILES string of the molecule is CN(c1ccccc1)c1c(C(N)=O)oc2ccccc12. The van der Waals surface area contributed by atoms with Gasteiger partial charge in [-0.2, -0.15) is 0 Å². The Morgan fingerprint density at radius 2 is 1.70 bits per heavy atom. The van der Waals surface area contributed by atoms with Crippen molar-refractivity contribution in [3.63, 3.8) is 0 Å². The van der Waals surface area contributed by atoms with Crippen molar-refractivity contribution in [1.29, 1.82) is 0 Å². The summed E-state index contributed by atoms with van der Waals surface area (Å²) in [5.41, 5.74) is 7.74. The minimum atomic E-state index is -0.570. The van der Waals surface area contributed by atoms with Crippen LogP contribution in [-0.2, 0) is 0 Å². The lowest BCUT2D eigenvalue weighted by Crippen LogP contribution is -2.17. The van der Waals surface area contributed by atoms with Crippen molar-refractivity contribution in [2.24, 2.45) is 5.73 Å². The van der Waals surface area contributed by atoms with Crippen LogP contribution in [0.4, 0.5) is 11.4 Å². The molecule has 0 aliphatic carbocycles. The fourth-order valence-corrected chi connectivity index (χ4v) is 2.31. The fourth-order valence-electron chi connectivity index (χ4n) is 2.31. The predicted octanol–water partition coefficient (Wildman–Crippen LogP) is 3.30. The third-order valence-corrected chi connectivity index (χ3v) is 3.27. The van der Waals surface area contributed by atoms with E-state index in [1.54, 1.807) is 0 Å². The van der Waals surface area contributed by atoms with Gasteiger partial charge in [0.15, 0.2) is 0 Å². The fraction of sp³-hybridized carbons (Fsp3) is 0.0625. The van der Waals surface area contributed by atoms with Gasteiger partial charge in [0.2, 0.25) is 5.76 Å². The largest absolute Gasteiger partial charge is 0.449 e. The van der Waals surface area contributed by atoms with Crippen LogP contribution in [0.1, 0.15) is 10.6 Å². The summed E-state index contributed by atoms with van der Waals surface area (Å²) in [4.78, 5) is 13.5. The summed E-state index contributed by atoms with van der Waals surface area (Å²) in [5.74, 6) is -0.392. The number of amides is 1. The molecule has 100 valence electrons. The average molecular weight is 266 g/mol. The molecule has 0 aliphatic heterocycles. The molecule has 0 radical (unpaired) electrons. The van der Waals surface area contributed by atoms with Crippen LogP contribution in [0.25, 0.3) is 11.0 Å². The van der Waals surface area contributed by atoms with Gasteiger partial charge in [0.1, 0.15) is 11.3 Å². The van der Waals surface area contributed by atoms with Crippen LogP contribution < -0.4 is 10.6 Å². The smallest absolute Gasteiger partial charge is 0.286 e. The lowest BCUT2D eigenvalue weighted by atomic mass is 10.2. The summed E-state index contributed by atoms with van der Waals surface area (Å²) in [6.07, 6.45) is 0. The first kappa shape index (κ1) is 12.3. The highest BCUT2D eigenvalue weighted by Gasteiger charge is 2.22. The Balaban J connectivity index is 2.24. The van der Waals surface area contributed by atoms with Crippen molar-refractivity contribution in [2.45, 2.75) is 0 Å². The summed E-state index contributed by atoms with van der Waals surface area (Å²) in [6, 6.07) is 17.3. The van der Waals surface area contributed by atoms with E-state index < -0.39 is 5.91 Å². The summed E-state index contributed by atoms with van der Waals surface area (Å²) in [5, 5.41) is 0.868. The van der Waals surface area contributed by atoms with Crippen molar-refractivity contribution in [3.8, 4) is 0 Å². The number of carbonyl (C=O) groups is 1. The summed E-state index contributed by atoms with van der Waals surface area (Å²) >= 11 is 0. The highest BCUT2D eigenvalue weighted by molar-refractivity contribution is 6.07. The number of para-hydroxylation sites is 2. The Hall–Kier alpha value is -2.75. The third-order valence-electron chi connectivity index (χ3n) is 3.27. The molecule has 0 atom stereocenters. The van der Waals surface area contributed by atoms with E-state index in [2.05, 4.69) is 0 Å². The zero-order valence-corrected chi connectivity index (χ0v) is 11.0. The van der Waals surface area contributed by atoms with Gasteiger partial charge in [-0.25, -0.2) is 0 Å². The molecule has 0 fully saturated rings. The van der Waals surface area contributed by atoms with E-state index in [9.17, 15) is 4.79 Å². The molecule has 0 saturated carbocycles. The van der Waals surface area contributed by atoms with Crippen molar-refractivity contribution >= 4 is 28.3 Å². The Morgan fingerprint density at radius 1 is 1.05 bits per heavy atom. The highest BCUT2D eigenvalue weighted by Crippen LogP contribution is 2.36. The molecular formula is C16H14N2O2. The molecule has 0 bridgehead atoms. The number of rotatable bonds is 3. The molecule has 1 heterocycles. The quantitative estimate of drug-likeness (QED) is 0.791. The van der Waals surface area contributed by atoms with E-state index in [-0.39, 0.29) is 5.76 Å². The van der Waals surface area contributed by atoms with Gasteiger partial charge in [-0.3, -0.25) is 4.79 Å². The number of benzene rings is 2. The molecule has 0 spiro atoms. The van der Waals surface area contributed by atoms with E-state index in [1.165, 1.54) is 0 Å². The molecule has 2 N–H and O–H groups in total. The first-order valence-corrected chi connectivity index (χ1v) is 6.28. The van der Waals surface area contributed by atoms with Gasteiger partial charge in [0.05, 0.1) is 0 Å². The number of furan rings is 1. The maximum atomic E-state index is 11.6. The summed E-state index contributed by atoms with van der Waals surface area (Å²) in [6.45, 7) is 0. The number of primary amides is 1. The maximum absolute atomic E-state index is 11.6. The second-order valence-corrected chi connectivity index (χ2v) is 4.53. The first-order chi connectivity index (χ1) is 9.68. The van der Waals surface area contributed by atoms with Gasteiger partial charge in [-0.05, 0) is 24.3 Å². The van der Waals surface area contributed by atoms with Crippen molar-refractivity contribution < 1.29 is 9.21 Å². The molecule has 3 rings (SSSR count). The molecule has 2 aromatic carbocycles. The molecule has 1 amide bonds. The second kappa shape index (κ2) is 4.74. The number of hydrogen-bond donors (Lipinski definition) is 1. The van der Waals surface area contributed by atoms with Crippen LogP contribution in [0.5, 0.6) is 0 Å². The second-order valence-electron chi connectivity index (χ2n) is 4.53. The minimum Gasteiger partial charge on any atom is -0.449 e. The van der Waals surface area contributed by atoms with Crippen molar-refractivity contribution in [1.82, 2.24) is 0 Å². The van der Waals surface area contributed by atoms with E-state index in [1.807, 2.05) is 66.5 Å². The number of hydrogen-bond acceptors (Lipinski definition) is 3. The van der Waals surface area contributed by atoms with Crippen LogP contribution in [0.2, 0.25) is 0 Å². The lowest BCUT2D eigenvalue weighted by molar-refractivity contribution is 0.0977. The number of fused-ring (bicyclic) bond motifs is 1. The monoisotopic (exact) mass is 266 g/mol. The Bertz CT molecular complexity index is 763. The molecular weight excluding hydrogens is 252 g/mol. The molecule has 4 heteroatoms. The van der Waals surface area contributed by atoms with Crippen LogP contribution in [0, 0.1) is 0 Å². The van der Waals surface area contributed by atoms with Gasteiger partial charge in [0.25, 0.3) is 5.91 Å². The molecule has 0 unspecified atom stereocenters. The van der Waals surface area contributed by atoms with Gasteiger partial charge >= 0.3 is 0 Å². The zero-order valence-electron chi connectivity index (χ0n) is 11.0. The van der Waals surface area contributed by atoms with Crippen LogP contribution in [0.15, 0.2) is 59.0 Å². The normalized spacial score (nSPS) is 10.7. The topological polar surface area (TPSA) is 59.5 Å². The van der Waals surface area contributed by atoms with Crippen LogP contribution in [0.3, 0.4) is 0 Å². The van der Waals surface area contributed by atoms with Gasteiger partial charge < -0.3 is 15.1 Å². The summed E-state index contributed by atoms with van der Waals surface area (Å²) < 4.78 is 5.59. The number of nitrogens with two attached hydrogens (primary N) is 1. The van der Waals surface area contributed by atoms with Gasteiger partial charge in [-0.1, -0.05) is 30.3 Å². The van der Waals surface area contributed by atoms with Crippen LogP contribution >= 0.6 is 0 Å².